The molecule has 1 aliphatic rings. The van der Waals surface area contributed by atoms with Crippen molar-refractivity contribution >= 4 is 6.03 Å². The summed E-state index contributed by atoms with van der Waals surface area (Å²) in [5.41, 5.74) is 8.50. The van der Waals surface area contributed by atoms with Crippen LogP contribution < -0.4 is 11.5 Å². The molecule has 0 aromatic carbocycles. The molecule has 0 aromatic heterocycles. The van der Waals surface area contributed by atoms with E-state index in [2.05, 4.69) is 11.5 Å². The number of aliphatic hydroxyl groups is 1. The molecule has 11 heavy (non-hydrogen) atoms. The van der Waals surface area contributed by atoms with E-state index in [1.165, 1.54) is 0 Å². The summed E-state index contributed by atoms with van der Waals surface area (Å²) in [6, 6.07) is -0.833. The number of rotatable bonds is 1. The topological polar surface area (TPSA) is 98.6 Å². The molecule has 1 fully saturated rings. The van der Waals surface area contributed by atoms with Crippen molar-refractivity contribution in [1.29, 1.82) is 0 Å². The van der Waals surface area contributed by atoms with E-state index in [-0.39, 0.29) is 12.7 Å². The van der Waals surface area contributed by atoms with E-state index in [0.29, 0.717) is 0 Å². The van der Waals surface area contributed by atoms with Crippen LogP contribution in [0.3, 0.4) is 0 Å². The zero-order valence-electron chi connectivity index (χ0n) is 6.32. The molecule has 0 saturated carbocycles. The predicted octanol–water partition coefficient (Wildman–Crippen LogP) is -0.819. The van der Waals surface area contributed by atoms with Crippen molar-refractivity contribution in [3.05, 3.63) is 0 Å². The second kappa shape index (κ2) is 5.94. The van der Waals surface area contributed by atoms with Gasteiger partial charge < -0.3 is 21.3 Å². The average molecular weight is 162 g/mol. The van der Waals surface area contributed by atoms with Crippen LogP contribution in [0.15, 0.2) is 0 Å². The van der Waals surface area contributed by atoms with Gasteiger partial charge in [-0.2, -0.15) is 0 Å². The molecular formula is C6H14N2O3. The second-order valence-corrected chi connectivity index (χ2v) is 2.22. The van der Waals surface area contributed by atoms with Gasteiger partial charge in [-0.3, -0.25) is 0 Å². The summed E-state index contributed by atoms with van der Waals surface area (Å²) in [6.07, 6.45) is 2.31. The van der Waals surface area contributed by atoms with Crippen LogP contribution in [0.4, 0.5) is 4.79 Å². The minimum atomic E-state index is -0.833. The predicted molar refractivity (Wildman–Crippen MR) is 39.8 cm³/mol. The summed E-state index contributed by atoms with van der Waals surface area (Å²) >= 11 is 0. The number of ether oxygens (including phenoxy) is 1. The number of aliphatic hydroxyl groups excluding tert-OH is 1. The number of urea groups is 1. The zero-order chi connectivity index (χ0) is 8.69. The van der Waals surface area contributed by atoms with E-state index in [9.17, 15) is 0 Å². The lowest BCUT2D eigenvalue weighted by atomic mass is 10.2. The van der Waals surface area contributed by atoms with Crippen LogP contribution in [0, 0.1) is 0 Å². The Labute approximate surface area is 65.3 Å². The van der Waals surface area contributed by atoms with Crippen molar-refractivity contribution in [2.75, 3.05) is 13.2 Å². The fraction of sp³-hybridized carbons (Fsp3) is 0.833. The van der Waals surface area contributed by atoms with E-state index in [4.69, 9.17) is 14.6 Å². The van der Waals surface area contributed by atoms with Gasteiger partial charge in [0.05, 0.1) is 12.7 Å². The molecule has 1 unspecified atom stereocenters. The van der Waals surface area contributed by atoms with Crippen LogP contribution in [0.25, 0.3) is 0 Å². The first-order valence-electron chi connectivity index (χ1n) is 3.44. The van der Waals surface area contributed by atoms with Gasteiger partial charge in [-0.05, 0) is 12.8 Å². The Hall–Kier alpha value is -0.810. The zero-order valence-corrected chi connectivity index (χ0v) is 6.32. The number of amides is 2. The Morgan fingerprint density at radius 3 is 2.36 bits per heavy atom. The Balaban J connectivity index is 0.000000218. The van der Waals surface area contributed by atoms with E-state index in [1.54, 1.807) is 0 Å². The van der Waals surface area contributed by atoms with Crippen molar-refractivity contribution in [2.45, 2.75) is 18.9 Å². The van der Waals surface area contributed by atoms with Crippen LogP contribution in [0.2, 0.25) is 0 Å². The molecule has 5 N–H and O–H groups in total. The lowest BCUT2D eigenvalue weighted by Gasteiger charge is -2.00. The van der Waals surface area contributed by atoms with Gasteiger partial charge in [0.1, 0.15) is 0 Å². The van der Waals surface area contributed by atoms with E-state index < -0.39 is 6.03 Å². The molecule has 0 aliphatic carbocycles. The normalized spacial score (nSPS) is 22.1. The number of carbonyl (C=O) groups excluding carboxylic acids is 1. The third-order valence-electron chi connectivity index (χ3n) is 1.23. The van der Waals surface area contributed by atoms with Crippen molar-refractivity contribution in [2.24, 2.45) is 11.5 Å². The first-order valence-corrected chi connectivity index (χ1v) is 3.44. The summed E-state index contributed by atoms with van der Waals surface area (Å²) in [4.78, 5) is 9.00. The molecule has 2 amide bonds. The first-order chi connectivity index (χ1) is 5.16. The molecule has 1 rings (SSSR count). The number of hydrogen-bond donors (Lipinski definition) is 3. The monoisotopic (exact) mass is 162 g/mol. The highest BCUT2D eigenvalue weighted by Gasteiger charge is 2.12. The first kappa shape index (κ1) is 10.2. The number of nitrogens with two attached hydrogens (primary N) is 2. The van der Waals surface area contributed by atoms with Gasteiger partial charge in [0.25, 0.3) is 0 Å². The average Bonchev–Trinajstić information content (AvgIpc) is 2.36. The van der Waals surface area contributed by atoms with Crippen LogP contribution in [-0.2, 0) is 4.74 Å². The van der Waals surface area contributed by atoms with E-state index in [0.717, 1.165) is 19.4 Å². The largest absolute Gasteiger partial charge is 0.394 e. The fourth-order valence-corrected chi connectivity index (χ4v) is 0.788. The number of hydrogen-bond acceptors (Lipinski definition) is 3. The molecule has 1 saturated heterocycles. The van der Waals surface area contributed by atoms with Gasteiger partial charge in [0.15, 0.2) is 0 Å². The Morgan fingerprint density at radius 1 is 1.64 bits per heavy atom. The Kier molecular flexibility index (Phi) is 5.50. The molecule has 0 spiro atoms. The molecule has 0 bridgehead atoms. The van der Waals surface area contributed by atoms with E-state index >= 15 is 0 Å². The molecule has 5 nitrogen and oxygen atoms in total. The fourth-order valence-electron chi connectivity index (χ4n) is 0.788. The number of carbonyl (C=O) groups is 1. The summed E-state index contributed by atoms with van der Waals surface area (Å²) in [5, 5.41) is 8.44. The summed E-state index contributed by atoms with van der Waals surface area (Å²) in [5.74, 6) is 0. The molecule has 1 aliphatic heterocycles. The highest BCUT2D eigenvalue weighted by Crippen LogP contribution is 2.09. The Bertz CT molecular complexity index is 108. The van der Waals surface area contributed by atoms with Gasteiger partial charge in [0.2, 0.25) is 0 Å². The van der Waals surface area contributed by atoms with Crippen molar-refractivity contribution in [1.82, 2.24) is 0 Å². The number of primary amides is 2. The SMILES string of the molecule is NC(N)=O.OCC1CCCO1. The highest BCUT2D eigenvalue weighted by atomic mass is 16.5. The lowest BCUT2D eigenvalue weighted by molar-refractivity contribution is 0.0591. The molecule has 5 heteroatoms. The van der Waals surface area contributed by atoms with Crippen LogP contribution in [0.5, 0.6) is 0 Å². The summed E-state index contributed by atoms with van der Waals surface area (Å²) in [7, 11) is 0. The molecular weight excluding hydrogens is 148 g/mol. The van der Waals surface area contributed by atoms with Gasteiger partial charge in [-0.1, -0.05) is 0 Å². The third-order valence-corrected chi connectivity index (χ3v) is 1.23. The minimum Gasteiger partial charge on any atom is -0.394 e. The molecule has 0 radical (unpaired) electrons. The van der Waals surface area contributed by atoms with Crippen LogP contribution in [-0.4, -0.2) is 30.5 Å². The van der Waals surface area contributed by atoms with E-state index in [1.807, 2.05) is 0 Å². The van der Waals surface area contributed by atoms with Gasteiger partial charge >= 0.3 is 6.03 Å². The maximum absolute atomic E-state index is 9.00. The molecule has 0 aromatic rings. The van der Waals surface area contributed by atoms with Gasteiger partial charge in [0, 0.05) is 6.61 Å². The smallest absolute Gasteiger partial charge is 0.309 e. The van der Waals surface area contributed by atoms with Crippen LogP contribution >= 0.6 is 0 Å². The lowest BCUT2D eigenvalue weighted by Crippen LogP contribution is -2.18. The van der Waals surface area contributed by atoms with Gasteiger partial charge in [-0.15, -0.1) is 0 Å². The standard InChI is InChI=1S/C5H10O2.CH4N2O/c6-4-5-2-1-3-7-5;2-1(3)4/h5-6H,1-4H2;(H4,2,3,4). The second-order valence-electron chi connectivity index (χ2n) is 2.22. The third kappa shape index (κ3) is 7.08. The molecule has 1 atom stereocenters. The highest BCUT2D eigenvalue weighted by molar-refractivity contribution is 5.69. The molecule has 1 heterocycles. The summed E-state index contributed by atoms with van der Waals surface area (Å²) in [6.45, 7) is 1.03. The summed E-state index contributed by atoms with van der Waals surface area (Å²) < 4.78 is 5.05. The van der Waals surface area contributed by atoms with Gasteiger partial charge in [-0.25, -0.2) is 4.79 Å². The van der Waals surface area contributed by atoms with Crippen molar-refractivity contribution in [3.63, 3.8) is 0 Å². The Morgan fingerprint density at radius 2 is 2.18 bits per heavy atom. The van der Waals surface area contributed by atoms with Crippen LogP contribution in [0.1, 0.15) is 12.8 Å². The van der Waals surface area contributed by atoms with Crippen molar-refractivity contribution in [3.8, 4) is 0 Å². The maximum atomic E-state index is 9.00. The maximum Gasteiger partial charge on any atom is 0.309 e. The van der Waals surface area contributed by atoms with Crippen molar-refractivity contribution < 1.29 is 14.6 Å². The quantitative estimate of drug-likeness (QED) is 0.469. The minimum absolute atomic E-state index is 0.153. The molecule has 66 valence electrons.